The lowest BCUT2D eigenvalue weighted by atomic mass is 10.0. The van der Waals surface area contributed by atoms with E-state index in [9.17, 15) is 14.7 Å². The lowest BCUT2D eigenvalue weighted by Crippen LogP contribution is -2.44. The molecule has 0 bridgehead atoms. The van der Waals surface area contributed by atoms with Crippen molar-refractivity contribution in [1.82, 2.24) is 9.47 Å². The summed E-state index contributed by atoms with van der Waals surface area (Å²) in [7, 11) is 2.14. The van der Waals surface area contributed by atoms with Gasteiger partial charge in [0.2, 0.25) is 5.43 Å². The van der Waals surface area contributed by atoms with Gasteiger partial charge in [-0.05, 0) is 70.9 Å². The monoisotopic (exact) mass is 455 g/mol. The summed E-state index contributed by atoms with van der Waals surface area (Å²) in [6.07, 6.45) is 3.56. The number of hydrogen-bond donors (Lipinski definition) is 1. The van der Waals surface area contributed by atoms with Crippen LogP contribution in [0, 0.1) is 0 Å². The van der Waals surface area contributed by atoms with Crippen molar-refractivity contribution in [2.24, 2.45) is 0 Å². The number of aromatic carboxylic acids is 1. The van der Waals surface area contributed by atoms with Gasteiger partial charge in [0.1, 0.15) is 5.56 Å². The van der Waals surface area contributed by atoms with E-state index in [-0.39, 0.29) is 11.6 Å². The Balaban J connectivity index is 1.72. The number of pyridine rings is 1. The van der Waals surface area contributed by atoms with Crippen LogP contribution in [0.3, 0.4) is 0 Å². The average molecular weight is 456 g/mol. The highest BCUT2D eigenvalue weighted by Crippen LogP contribution is 2.39. The third-order valence-electron chi connectivity index (χ3n) is 6.07. The summed E-state index contributed by atoms with van der Waals surface area (Å²) >= 11 is 3.70. The highest BCUT2D eigenvalue weighted by molar-refractivity contribution is 9.10. The first-order valence-electron chi connectivity index (χ1n) is 9.91. The topological polar surface area (TPSA) is 65.8 Å². The van der Waals surface area contributed by atoms with Crippen LogP contribution < -0.4 is 10.3 Å². The SMILES string of the molecule is CN1CCN(c2cc3cc4c(cc3cc2Br)c(=O)c(C(=O)O)cn4C2CC2)CC1. The molecule has 2 fully saturated rings. The molecule has 7 heteroatoms. The number of likely N-dealkylation sites (N-methyl/N-ethyl adjacent to an activating group) is 1. The van der Waals surface area contributed by atoms with Crippen LogP contribution in [-0.4, -0.2) is 53.8 Å². The Kier molecular flexibility index (Phi) is 4.40. The van der Waals surface area contributed by atoms with Crippen molar-refractivity contribution in [1.29, 1.82) is 0 Å². The number of halogens is 1. The van der Waals surface area contributed by atoms with Crippen molar-refractivity contribution in [3.8, 4) is 0 Å². The minimum Gasteiger partial charge on any atom is -0.477 e. The van der Waals surface area contributed by atoms with Gasteiger partial charge < -0.3 is 19.5 Å². The van der Waals surface area contributed by atoms with E-state index in [1.54, 1.807) is 0 Å². The van der Waals surface area contributed by atoms with Crippen LogP contribution in [0.2, 0.25) is 0 Å². The second kappa shape index (κ2) is 6.85. The maximum absolute atomic E-state index is 12.8. The summed E-state index contributed by atoms with van der Waals surface area (Å²) in [5, 5.41) is 12.0. The van der Waals surface area contributed by atoms with Crippen molar-refractivity contribution in [3.63, 3.8) is 0 Å². The van der Waals surface area contributed by atoms with E-state index < -0.39 is 11.4 Å². The number of fused-ring (bicyclic) bond motifs is 2. The summed E-state index contributed by atoms with van der Waals surface area (Å²) in [5.74, 6) is -1.17. The van der Waals surface area contributed by atoms with Crippen LogP contribution >= 0.6 is 15.9 Å². The van der Waals surface area contributed by atoms with Crippen LogP contribution in [0.15, 0.2) is 39.7 Å². The minimum atomic E-state index is -1.17. The second-order valence-electron chi connectivity index (χ2n) is 8.13. The second-order valence-corrected chi connectivity index (χ2v) is 8.98. The Morgan fingerprint density at radius 2 is 1.76 bits per heavy atom. The smallest absolute Gasteiger partial charge is 0.341 e. The molecule has 1 saturated heterocycles. The molecule has 1 saturated carbocycles. The van der Waals surface area contributed by atoms with Crippen LogP contribution in [0.5, 0.6) is 0 Å². The van der Waals surface area contributed by atoms with Crippen LogP contribution in [0.25, 0.3) is 21.7 Å². The minimum absolute atomic E-state index is 0.156. The molecular formula is C22H22BrN3O3. The molecule has 1 N–H and O–H groups in total. The third-order valence-corrected chi connectivity index (χ3v) is 6.71. The summed E-state index contributed by atoms with van der Waals surface area (Å²) in [5.41, 5.74) is 1.41. The fourth-order valence-corrected chi connectivity index (χ4v) is 4.81. The number of carbonyl (C=O) groups is 1. The maximum atomic E-state index is 12.8. The standard InChI is InChI=1S/C22H22BrN3O3/c1-24-4-6-25(7-5-24)20-11-14-10-19-16(8-13(14)9-18(20)23)21(27)17(22(28)29)12-26(19)15-2-3-15/h8-12,15H,2-7H2,1H3,(H,28,29). The fourth-order valence-electron chi connectivity index (χ4n) is 4.20. The number of rotatable bonds is 3. The largest absolute Gasteiger partial charge is 0.477 e. The third kappa shape index (κ3) is 3.22. The molecule has 0 amide bonds. The van der Waals surface area contributed by atoms with Gasteiger partial charge in [-0.3, -0.25) is 4.79 Å². The Hall–Kier alpha value is -2.38. The van der Waals surface area contributed by atoms with E-state index in [1.807, 2.05) is 22.8 Å². The molecule has 1 aliphatic heterocycles. The van der Waals surface area contributed by atoms with Gasteiger partial charge >= 0.3 is 5.97 Å². The predicted octanol–water partition coefficient (Wildman–Crippen LogP) is 3.70. The van der Waals surface area contributed by atoms with Crippen molar-refractivity contribution in [2.45, 2.75) is 18.9 Å². The Bertz CT molecular complexity index is 1210. The number of carboxylic acids is 1. The van der Waals surface area contributed by atoms with Gasteiger partial charge in [0.05, 0.1) is 11.2 Å². The van der Waals surface area contributed by atoms with Gasteiger partial charge in [-0.25, -0.2) is 4.79 Å². The molecule has 1 aliphatic carbocycles. The molecule has 6 nitrogen and oxygen atoms in total. The zero-order chi connectivity index (χ0) is 20.3. The zero-order valence-corrected chi connectivity index (χ0v) is 17.8. The van der Waals surface area contributed by atoms with Gasteiger partial charge in [-0.2, -0.15) is 0 Å². The highest BCUT2D eigenvalue weighted by atomic mass is 79.9. The molecule has 3 aromatic rings. The van der Waals surface area contributed by atoms with Crippen molar-refractivity contribution in [2.75, 3.05) is 38.1 Å². The Morgan fingerprint density at radius 3 is 2.41 bits per heavy atom. The van der Waals surface area contributed by atoms with Crippen molar-refractivity contribution < 1.29 is 9.90 Å². The number of aromatic nitrogens is 1. The van der Waals surface area contributed by atoms with Crippen LogP contribution in [-0.2, 0) is 0 Å². The summed E-state index contributed by atoms with van der Waals surface area (Å²) in [6, 6.07) is 8.38. The van der Waals surface area contributed by atoms with Crippen molar-refractivity contribution >= 4 is 49.3 Å². The molecule has 150 valence electrons. The summed E-state index contributed by atoms with van der Waals surface area (Å²) < 4.78 is 2.97. The number of piperazine rings is 1. The predicted molar refractivity (Wildman–Crippen MR) is 118 cm³/mol. The van der Waals surface area contributed by atoms with E-state index in [1.165, 1.54) is 6.20 Å². The average Bonchev–Trinajstić information content (AvgIpc) is 3.52. The molecular weight excluding hydrogens is 434 g/mol. The first kappa shape index (κ1) is 18.6. The Labute approximate surface area is 176 Å². The number of anilines is 1. The highest BCUT2D eigenvalue weighted by Gasteiger charge is 2.27. The maximum Gasteiger partial charge on any atom is 0.341 e. The number of hydrogen-bond acceptors (Lipinski definition) is 4. The van der Waals surface area contributed by atoms with Gasteiger partial charge in [0.25, 0.3) is 0 Å². The molecule has 0 radical (unpaired) electrons. The van der Waals surface area contributed by atoms with E-state index >= 15 is 0 Å². The first-order chi connectivity index (χ1) is 13.9. The quantitative estimate of drug-likeness (QED) is 0.609. The molecule has 0 atom stereocenters. The normalized spacial score (nSPS) is 17.9. The molecule has 0 unspecified atom stereocenters. The van der Waals surface area contributed by atoms with E-state index in [4.69, 9.17) is 0 Å². The molecule has 0 spiro atoms. The molecule has 2 aliphatic rings. The molecule has 2 heterocycles. The molecule has 2 aromatic carbocycles. The van der Waals surface area contributed by atoms with Gasteiger partial charge in [-0.15, -0.1) is 0 Å². The number of nitrogens with zero attached hydrogens (tertiary/aromatic N) is 3. The number of benzene rings is 2. The van der Waals surface area contributed by atoms with Crippen LogP contribution in [0.1, 0.15) is 29.2 Å². The zero-order valence-electron chi connectivity index (χ0n) is 16.2. The number of carboxylic acid groups (broad SMARTS) is 1. The summed E-state index contributed by atoms with van der Waals surface area (Å²) in [4.78, 5) is 29.1. The van der Waals surface area contributed by atoms with Gasteiger partial charge in [-0.1, -0.05) is 0 Å². The van der Waals surface area contributed by atoms with Gasteiger partial charge in [0.15, 0.2) is 0 Å². The molecule has 5 rings (SSSR count). The summed E-state index contributed by atoms with van der Waals surface area (Å²) in [6.45, 7) is 4.01. The van der Waals surface area contributed by atoms with E-state index in [0.717, 1.165) is 65.5 Å². The molecule has 29 heavy (non-hydrogen) atoms. The van der Waals surface area contributed by atoms with E-state index in [2.05, 4.69) is 38.8 Å². The fraction of sp³-hybridized carbons (Fsp3) is 0.364. The van der Waals surface area contributed by atoms with Crippen LogP contribution in [0.4, 0.5) is 5.69 Å². The lowest BCUT2D eigenvalue weighted by Gasteiger charge is -2.34. The van der Waals surface area contributed by atoms with Crippen molar-refractivity contribution in [3.05, 3.63) is 50.7 Å². The Morgan fingerprint density at radius 1 is 1.07 bits per heavy atom. The first-order valence-corrected chi connectivity index (χ1v) is 10.7. The lowest BCUT2D eigenvalue weighted by molar-refractivity contribution is 0.0695. The van der Waals surface area contributed by atoms with Gasteiger partial charge in [0, 0.05) is 48.3 Å². The molecule has 1 aromatic heterocycles. The van der Waals surface area contributed by atoms with E-state index in [0.29, 0.717) is 5.39 Å².